The van der Waals surface area contributed by atoms with Crippen molar-refractivity contribution < 1.29 is 28.4 Å². The fourth-order valence-electron chi connectivity index (χ4n) is 3.57. The summed E-state index contributed by atoms with van der Waals surface area (Å²) in [4.78, 5) is 0. The van der Waals surface area contributed by atoms with E-state index in [9.17, 15) is 9.67 Å². The predicted octanol–water partition coefficient (Wildman–Crippen LogP) is 2.17. The van der Waals surface area contributed by atoms with Gasteiger partial charge in [0.15, 0.2) is 11.6 Å². The van der Waals surface area contributed by atoms with Crippen molar-refractivity contribution in [2.75, 3.05) is 6.61 Å². The molecular weight excluding hydrogens is 369 g/mol. The molecule has 0 bridgehead atoms. The third-order valence-electron chi connectivity index (χ3n) is 4.87. The van der Waals surface area contributed by atoms with Crippen molar-refractivity contribution in [1.29, 1.82) is 0 Å². The van der Waals surface area contributed by atoms with E-state index in [0.29, 0.717) is 5.30 Å². The zero-order chi connectivity index (χ0) is 20.0. The Balaban J connectivity index is 1.93. The normalized spacial score (nSPS) is 37.0. The van der Waals surface area contributed by atoms with E-state index < -0.39 is 43.0 Å². The average Bonchev–Trinajstić information content (AvgIpc) is 2.92. The Hall–Kier alpha value is -0.790. The lowest BCUT2D eigenvalue weighted by Gasteiger charge is -2.43. The van der Waals surface area contributed by atoms with E-state index in [4.69, 9.17) is 24.5 Å². The molecule has 2 aliphatic heterocycles. The molecule has 7 nitrogen and oxygen atoms in total. The number of fused-ring (bicyclic) bond motifs is 1. The molecule has 0 saturated carbocycles. The Kier molecular flexibility index (Phi) is 5.60. The largest absolute Gasteiger partial charge is 0.366 e. The molecule has 2 heterocycles. The molecule has 0 amide bonds. The summed E-state index contributed by atoms with van der Waals surface area (Å²) in [5.41, 5.74) is 6.39. The number of hydrogen-bond donors (Lipinski definition) is 2. The highest BCUT2D eigenvalue weighted by atomic mass is 31.2. The summed E-state index contributed by atoms with van der Waals surface area (Å²) in [7, 11) is -3.40. The van der Waals surface area contributed by atoms with Crippen LogP contribution in [0.2, 0.25) is 0 Å². The van der Waals surface area contributed by atoms with Gasteiger partial charge in [-0.05, 0) is 39.8 Å². The molecule has 6 atom stereocenters. The highest BCUT2D eigenvalue weighted by Crippen LogP contribution is 2.59. The lowest BCUT2D eigenvalue weighted by atomic mass is 9.96. The molecule has 8 heteroatoms. The quantitative estimate of drug-likeness (QED) is 0.578. The van der Waals surface area contributed by atoms with Crippen LogP contribution in [0.15, 0.2) is 30.3 Å². The van der Waals surface area contributed by atoms with Gasteiger partial charge >= 0.3 is 0 Å². The van der Waals surface area contributed by atoms with Crippen molar-refractivity contribution in [3.05, 3.63) is 30.3 Å². The highest BCUT2D eigenvalue weighted by molar-refractivity contribution is 7.67. The van der Waals surface area contributed by atoms with E-state index in [0.717, 1.165) is 0 Å². The van der Waals surface area contributed by atoms with Crippen LogP contribution in [0.3, 0.4) is 0 Å². The van der Waals surface area contributed by atoms with Crippen LogP contribution in [0.5, 0.6) is 0 Å². The van der Waals surface area contributed by atoms with Gasteiger partial charge in [0.25, 0.3) is 7.37 Å². The first-order valence-electron chi connectivity index (χ1n) is 9.24. The second-order valence-corrected chi connectivity index (χ2v) is 10.8. The lowest BCUT2D eigenvalue weighted by Crippen LogP contribution is -2.56. The van der Waals surface area contributed by atoms with Gasteiger partial charge in [0.05, 0.1) is 12.7 Å². The van der Waals surface area contributed by atoms with Gasteiger partial charge in [-0.25, -0.2) is 0 Å². The number of ether oxygens (including phenoxy) is 3. The van der Waals surface area contributed by atoms with Gasteiger partial charge in [-0.3, -0.25) is 4.57 Å². The minimum atomic E-state index is -3.40. The number of rotatable bonds is 5. The molecule has 2 saturated heterocycles. The third kappa shape index (κ3) is 4.30. The Morgan fingerprint density at radius 3 is 2.44 bits per heavy atom. The Morgan fingerprint density at radius 1 is 1.26 bits per heavy atom. The summed E-state index contributed by atoms with van der Waals surface area (Å²) in [6.45, 7) is 8.86. The molecule has 152 valence electrons. The van der Waals surface area contributed by atoms with Crippen molar-refractivity contribution in [2.45, 2.75) is 70.3 Å². The van der Waals surface area contributed by atoms with Gasteiger partial charge in [-0.15, -0.1) is 0 Å². The zero-order valence-electron chi connectivity index (χ0n) is 16.5. The first kappa shape index (κ1) is 20.9. The monoisotopic (exact) mass is 399 g/mol. The smallest absolute Gasteiger partial charge is 0.251 e. The van der Waals surface area contributed by atoms with Crippen molar-refractivity contribution in [3.8, 4) is 0 Å². The van der Waals surface area contributed by atoms with Crippen molar-refractivity contribution >= 4 is 12.7 Å². The fraction of sp³-hybridized carbons (Fsp3) is 0.684. The van der Waals surface area contributed by atoms with Crippen molar-refractivity contribution in [1.82, 2.24) is 0 Å². The summed E-state index contributed by atoms with van der Waals surface area (Å²) in [5, 5.41) is 10.4. The van der Waals surface area contributed by atoms with Crippen LogP contribution < -0.4 is 11.0 Å². The maximum atomic E-state index is 13.9. The van der Waals surface area contributed by atoms with Crippen LogP contribution in [0, 0.1) is 5.92 Å². The molecule has 27 heavy (non-hydrogen) atoms. The molecule has 0 spiro atoms. The Morgan fingerprint density at radius 2 is 1.85 bits per heavy atom. The van der Waals surface area contributed by atoms with Gasteiger partial charge in [0.2, 0.25) is 0 Å². The molecule has 2 fully saturated rings. The first-order valence-corrected chi connectivity index (χ1v) is 10.9. The molecule has 3 N–H and O–H groups in total. The molecule has 1 aromatic carbocycles. The van der Waals surface area contributed by atoms with Gasteiger partial charge in [0.1, 0.15) is 18.0 Å². The number of hydrogen-bond acceptors (Lipinski definition) is 7. The number of benzene rings is 1. The van der Waals surface area contributed by atoms with Crippen LogP contribution in [-0.2, 0) is 23.3 Å². The van der Waals surface area contributed by atoms with Crippen molar-refractivity contribution in [3.63, 3.8) is 0 Å². The fourth-order valence-corrected chi connectivity index (χ4v) is 6.07. The van der Waals surface area contributed by atoms with Crippen LogP contribution in [-0.4, -0.2) is 47.4 Å². The SMILES string of the molecule is C[C@H](COC(C)(C)O)[C@H]1O[P@@](=O)(c2ccccc2)[C@H](N)[C@H]2OC(C)(C)O[C@@H]12. The Bertz CT molecular complexity index is 704. The lowest BCUT2D eigenvalue weighted by molar-refractivity contribution is -0.194. The maximum Gasteiger partial charge on any atom is 0.251 e. The van der Waals surface area contributed by atoms with E-state index in [2.05, 4.69) is 0 Å². The molecule has 0 aliphatic carbocycles. The van der Waals surface area contributed by atoms with Gasteiger partial charge in [0, 0.05) is 11.2 Å². The van der Waals surface area contributed by atoms with E-state index in [1.807, 2.05) is 25.1 Å². The summed E-state index contributed by atoms with van der Waals surface area (Å²) in [6.07, 6.45) is -1.58. The second-order valence-electron chi connectivity index (χ2n) is 8.29. The maximum absolute atomic E-state index is 13.9. The second kappa shape index (κ2) is 7.23. The summed E-state index contributed by atoms with van der Waals surface area (Å²) in [6, 6.07) is 8.99. The minimum absolute atomic E-state index is 0.203. The summed E-state index contributed by atoms with van der Waals surface area (Å²) < 4.78 is 37.6. The average molecular weight is 399 g/mol. The van der Waals surface area contributed by atoms with E-state index in [1.165, 1.54) is 0 Å². The van der Waals surface area contributed by atoms with E-state index in [1.54, 1.807) is 39.8 Å². The third-order valence-corrected chi connectivity index (χ3v) is 7.52. The van der Waals surface area contributed by atoms with Crippen LogP contribution >= 0.6 is 7.37 Å². The molecule has 0 unspecified atom stereocenters. The number of nitrogens with two attached hydrogens (primary N) is 1. The van der Waals surface area contributed by atoms with Gasteiger partial charge < -0.3 is 29.6 Å². The summed E-state index contributed by atoms with van der Waals surface area (Å²) in [5.74, 6) is -3.15. The molecule has 3 rings (SSSR count). The van der Waals surface area contributed by atoms with Gasteiger partial charge in [-0.1, -0.05) is 25.1 Å². The zero-order valence-corrected chi connectivity index (χ0v) is 17.4. The van der Waals surface area contributed by atoms with E-state index in [-0.39, 0.29) is 12.5 Å². The van der Waals surface area contributed by atoms with Gasteiger partial charge in [-0.2, -0.15) is 0 Å². The van der Waals surface area contributed by atoms with Crippen LogP contribution in [0.25, 0.3) is 0 Å². The van der Waals surface area contributed by atoms with Crippen LogP contribution in [0.1, 0.15) is 34.6 Å². The highest BCUT2D eigenvalue weighted by Gasteiger charge is 2.59. The van der Waals surface area contributed by atoms with Crippen molar-refractivity contribution in [2.24, 2.45) is 11.7 Å². The standard InChI is InChI=1S/C19H30NO6P/c1-12(11-23-18(2,3)21)14-15-16(25-19(4,5)24-15)17(20)27(22,26-14)13-9-7-6-8-10-13/h6-10,12,14-17,21H,11,20H2,1-5H3/t12-,14-,15+,16+,17+,27+/m1/s1. The predicted molar refractivity (Wildman–Crippen MR) is 102 cm³/mol. The van der Waals surface area contributed by atoms with Crippen LogP contribution in [0.4, 0.5) is 0 Å². The molecule has 2 aliphatic rings. The molecule has 0 aromatic heterocycles. The first-order chi connectivity index (χ1) is 12.4. The minimum Gasteiger partial charge on any atom is -0.366 e. The molecular formula is C19H30NO6P. The Labute approximate surface area is 160 Å². The molecule has 1 aromatic rings. The van der Waals surface area contributed by atoms with E-state index >= 15 is 0 Å². The summed E-state index contributed by atoms with van der Waals surface area (Å²) >= 11 is 0. The number of aliphatic hydroxyl groups is 1. The molecule has 0 radical (unpaired) electrons. The topological polar surface area (TPSA) is 100 Å².